The summed E-state index contributed by atoms with van der Waals surface area (Å²) in [6.45, 7) is 2.04. The molecule has 2 aromatic carbocycles. The largest absolute Gasteiger partial charge is 0.323 e. The van der Waals surface area contributed by atoms with Crippen LogP contribution in [-0.4, -0.2) is 5.75 Å². The third-order valence-corrected chi connectivity index (χ3v) is 5.26. The zero-order chi connectivity index (χ0) is 14.7. The first kappa shape index (κ1) is 15.8. The number of nitrogens with two attached hydrogens (primary N) is 1. The Morgan fingerprint density at radius 3 is 2.80 bits per heavy atom. The van der Waals surface area contributed by atoms with Gasteiger partial charge in [-0.1, -0.05) is 35.4 Å². The Balaban J connectivity index is 2.09. The Morgan fingerprint density at radius 2 is 2.10 bits per heavy atom. The molecule has 2 aromatic rings. The van der Waals surface area contributed by atoms with Crippen molar-refractivity contribution in [1.29, 1.82) is 0 Å². The molecule has 0 aliphatic carbocycles. The van der Waals surface area contributed by atoms with Gasteiger partial charge in [-0.15, -0.1) is 11.8 Å². The Morgan fingerprint density at radius 1 is 1.35 bits per heavy atom. The van der Waals surface area contributed by atoms with E-state index in [-0.39, 0.29) is 5.02 Å². The topological polar surface area (TPSA) is 26.0 Å². The minimum Gasteiger partial charge on any atom is -0.323 e. The summed E-state index contributed by atoms with van der Waals surface area (Å²) in [7, 11) is 0. The molecule has 1 unspecified atom stereocenters. The van der Waals surface area contributed by atoms with Gasteiger partial charge < -0.3 is 5.73 Å². The maximum absolute atomic E-state index is 14.1. The lowest BCUT2D eigenvalue weighted by Crippen LogP contribution is -2.15. The fourth-order valence-electron chi connectivity index (χ4n) is 1.81. The molecule has 0 saturated carbocycles. The molecule has 0 fully saturated rings. The summed E-state index contributed by atoms with van der Waals surface area (Å²) in [5, 5.41) is 0.0819. The molecule has 2 N–H and O–H groups in total. The van der Waals surface area contributed by atoms with Gasteiger partial charge in [0.25, 0.3) is 0 Å². The van der Waals surface area contributed by atoms with Gasteiger partial charge in [0.05, 0.1) is 5.02 Å². The molecule has 0 spiro atoms. The lowest BCUT2D eigenvalue weighted by Gasteiger charge is -2.14. The van der Waals surface area contributed by atoms with Gasteiger partial charge in [-0.2, -0.15) is 0 Å². The number of benzene rings is 2. The van der Waals surface area contributed by atoms with Crippen LogP contribution in [0.25, 0.3) is 0 Å². The zero-order valence-electron chi connectivity index (χ0n) is 10.9. The quantitative estimate of drug-likeness (QED) is 0.577. The van der Waals surface area contributed by atoms with E-state index >= 15 is 0 Å². The minimum absolute atomic E-state index is 0.0819. The van der Waals surface area contributed by atoms with Crippen molar-refractivity contribution in [3.05, 3.63) is 62.8 Å². The van der Waals surface area contributed by atoms with Gasteiger partial charge in [-0.05, 0) is 41.1 Å². The van der Waals surface area contributed by atoms with E-state index in [4.69, 9.17) is 17.3 Å². The number of rotatable bonds is 4. The van der Waals surface area contributed by atoms with Crippen LogP contribution in [0.15, 0.2) is 45.8 Å². The molecule has 5 heteroatoms. The lowest BCUT2D eigenvalue weighted by atomic mass is 10.1. The highest BCUT2D eigenvalue weighted by Crippen LogP contribution is 2.32. The third-order valence-electron chi connectivity index (χ3n) is 2.88. The standard InChI is InChI=1S/C15H14BrClFNS/c1-9-3-2-4-10(7-9)20-8-13(19)11-5-6-12(16)14(17)15(11)18/h2-7,13H,8,19H2,1H3. The lowest BCUT2D eigenvalue weighted by molar-refractivity contribution is 0.595. The van der Waals surface area contributed by atoms with Crippen LogP contribution in [0.2, 0.25) is 5.02 Å². The SMILES string of the molecule is Cc1cccc(SCC(N)c2ccc(Br)c(Cl)c2F)c1. The van der Waals surface area contributed by atoms with Crippen LogP contribution < -0.4 is 5.73 Å². The summed E-state index contributed by atoms with van der Waals surface area (Å²) >= 11 is 10.7. The van der Waals surface area contributed by atoms with Crippen LogP contribution in [0.3, 0.4) is 0 Å². The number of hydrogen-bond acceptors (Lipinski definition) is 2. The Labute approximate surface area is 135 Å². The number of thioether (sulfide) groups is 1. The fraction of sp³-hybridized carbons (Fsp3) is 0.200. The van der Waals surface area contributed by atoms with Gasteiger partial charge in [0, 0.05) is 26.7 Å². The van der Waals surface area contributed by atoms with E-state index in [1.165, 1.54) is 5.56 Å². The van der Waals surface area contributed by atoms with Crippen LogP contribution in [0.5, 0.6) is 0 Å². The number of aryl methyl sites for hydroxylation is 1. The molecular weight excluding hydrogens is 361 g/mol. The molecule has 1 atom stereocenters. The zero-order valence-corrected chi connectivity index (χ0v) is 14.0. The van der Waals surface area contributed by atoms with E-state index < -0.39 is 11.9 Å². The van der Waals surface area contributed by atoms with Crippen LogP contribution in [0.4, 0.5) is 4.39 Å². The maximum atomic E-state index is 14.1. The van der Waals surface area contributed by atoms with Crippen molar-refractivity contribution in [2.75, 3.05) is 5.75 Å². The number of hydrogen-bond donors (Lipinski definition) is 1. The van der Waals surface area contributed by atoms with Gasteiger partial charge in [0.2, 0.25) is 0 Å². The molecule has 0 aromatic heterocycles. The summed E-state index contributed by atoms with van der Waals surface area (Å²) in [6, 6.07) is 11.1. The summed E-state index contributed by atoms with van der Waals surface area (Å²) in [5.74, 6) is 0.150. The van der Waals surface area contributed by atoms with Crippen molar-refractivity contribution in [2.45, 2.75) is 17.9 Å². The van der Waals surface area contributed by atoms with Crippen LogP contribution >= 0.6 is 39.3 Å². The second-order valence-electron chi connectivity index (χ2n) is 4.50. The average molecular weight is 375 g/mol. The first-order chi connectivity index (χ1) is 9.49. The molecular formula is C15H14BrClFNS. The molecule has 0 amide bonds. The molecule has 106 valence electrons. The molecule has 0 radical (unpaired) electrons. The molecule has 0 aliphatic rings. The average Bonchev–Trinajstić information content (AvgIpc) is 2.42. The highest BCUT2D eigenvalue weighted by atomic mass is 79.9. The smallest absolute Gasteiger partial charge is 0.147 e. The Bertz CT molecular complexity index is 621. The van der Waals surface area contributed by atoms with E-state index in [0.29, 0.717) is 15.8 Å². The Hall–Kier alpha value is -0.550. The molecule has 0 aliphatic heterocycles. The van der Waals surface area contributed by atoms with E-state index in [1.54, 1.807) is 23.9 Å². The monoisotopic (exact) mass is 373 g/mol. The molecule has 20 heavy (non-hydrogen) atoms. The van der Waals surface area contributed by atoms with Gasteiger partial charge in [0.15, 0.2) is 0 Å². The second-order valence-corrected chi connectivity index (χ2v) is 6.82. The van der Waals surface area contributed by atoms with Gasteiger partial charge in [-0.3, -0.25) is 0 Å². The van der Waals surface area contributed by atoms with Gasteiger partial charge in [-0.25, -0.2) is 4.39 Å². The minimum atomic E-state index is -0.446. The first-order valence-electron chi connectivity index (χ1n) is 6.07. The van der Waals surface area contributed by atoms with E-state index in [1.807, 2.05) is 25.1 Å². The maximum Gasteiger partial charge on any atom is 0.147 e. The fourth-order valence-corrected chi connectivity index (χ4v) is 3.28. The van der Waals surface area contributed by atoms with Crippen molar-refractivity contribution >= 4 is 39.3 Å². The first-order valence-corrected chi connectivity index (χ1v) is 8.23. The van der Waals surface area contributed by atoms with E-state index in [0.717, 1.165) is 4.90 Å². The van der Waals surface area contributed by atoms with Crippen LogP contribution in [-0.2, 0) is 0 Å². The molecule has 1 nitrogen and oxygen atoms in total. The second kappa shape index (κ2) is 6.94. The predicted molar refractivity (Wildman–Crippen MR) is 87.9 cm³/mol. The third kappa shape index (κ3) is 3.76. The highest BCUT2D eigenvalue weighted by Gasteiger charge is 2.16. The summed E-state index contributed by atoms with van der Waals surface area (Å²) in [4.78, 5) is 1.13. The van der Waals surface area contributed by atoms with Crippen molar-refractivity contribution < 1.29 is 4.39 Å². The normalized spacial score (nSPS) is 12.4. The van der Waals surface area contributed by atoms with Crippen molar-refractivity contribution in [2.24, 2.45) is 5.73 Å². The van der Waals surface area contributed by atoms with Gasteiger partial charge >= 0.3 is 0 Å². The molecule has 0 saturated heterocycles. The van der Waals surface area contributed by atoms with Gasteiger partial charge in [0.1, 0.15) is 5.82 Å². The Kier molecular flexibility index (Phi) is 5.49. The molecule has 0 bridgehead atoms. The van der Waals surface area contributed by atoms with Crippen LogP contribution in [0.1, 0.15) is 17.2 Å². The van der Waals surface area contributed by atoms with E-state index in [2.05, 4.69) is 22.0 Å². The summed E-state index contributed by atoms with van der Waals surface area (Å²) in [5.41, 5.74) is 7.70. The predicted octanol–water partition coefficient (Wildman–Crippen LogP) is 5.34. The molecule has 0 heterocycles. The van der Waals surface area contributed by atoms with Crippen molar-refractivity contribution in [3.63, 3.8) is 0 Å². The van der Waals surface area contributed by atoms with Crippen LogP contribution in [0, 0.1) is 12.7 Å². The summed E-state index contributed by atoms with van der Waals surface area (Å²) < 4.78 is 14.6. The van der Waals surface area contributed by atoms with E-state index in [9.17, 15) is 4.39 Å². The molecule has 2 rings (SSSR count). The summed E-state index contributed by atoms with van der Waals surface area (Å²) in [6.07, 6.45) is 0. The van der Waals surface area contributed by atoms with Crippen molar-refractivity contribution in [1.82, 2.24) is 0 Å². The van der Waals surface area contributed by atoms with Crippen molar-refractivity contribution in [3.8, 4) is 0 Å². The highest BCUT2D eigenvalue weighted by molar-refractivity contribution is 9.10. The number of halogens is 3.